The summed E-state index contributed by atoms with van der Waals surface area (Å²) in [6.07, 6.45) is 9.02. The summed E-state index contributed by atoms with van der Waals surface area (Å²) in [5.41, 5.74) is 1.27. The molecule has 158 valence electrons. The molecule has 0 atom stereocenters. The van der Waals surface area contributed by atoms with Crippen LogP contribution in [0.1, 0.15) is 48.0 Å². The van der Waals surface area contributed by atoms with Crippen LogP contribution in [0.15, 0.2) is 48.5 Å². The molecule has 0 saturated heterocycles. The topological polar surface area (TPSA) is 99.9 Å². The number of nitrogens with two attached hydrogens (primary N) is 1. The van der Waals surface area contributed by atoms with Gasteiger partial charge >= 0.3 is 5.97 Å². The maximum absolute atomic E-state index is 12.3. The summed E-state index contributed by atoms with van der Waals surface area (Å²) < 4.78 is 11.6. The molecule has 1 saturated carbocycles. The molecule has 3 rings (SSSR count). The van der Waals surface area contributed by atoms with Crippen molar-refractivity contribution in [2.45, 2.75) is 38.2 Å². The van der Waals surface area contributed by atoms with E-state index in [2.05, 4.69) is 10.2 Å². The Morgan fingerprint density at radius 3 is 2.57 bits per heavy atom. The van der Waals surface area contributed by atoms with E-state index in [4.69, 9.17) is 15.4 Å². The van der Waals surface area contributed by atoms with Crippen molar-refractivity contribution in [3.05, 3.63) is 59.7 Å². The lowest BCUT2D eigenvalue weighted by Crippen LogP contribution is -2.19. The number of rotatable bonds is 7. The van der Waals surface area contributed by atoms with Gasteiger partial charge in [0, 0.05) is 6.08 Å². The third-order valence-corrected chi connectivity index (χ3v) is 4.97. The highest BCUT2D eigenvalue weighted by Gasteiger charge is 2.17. The third-order valence-electron chi connectivity index (χ3n) is 4.97. The van der Waals surface area contributed by atoms with E-state index in [1.165, 1.54) is 31.4 Å². The first-order valence-electron chi connectivity index (χ1n) is 9.94. The molecule has 1 aliphatic rings. The van der Waals surface area contributed by atoms with Crippen molar-refractivity contribution in [3.8, 4) is 11.5 Å². The number of nitrogens with one attached hydrogen (secondary N) is 1. The molecule has 3 N–H and O–H groups in total. The third kappa shape index (κ3) is 5.61. The van der Waals surface area contributed by atoms with Crippen LogP contribution in [0.25, 0.3) is 6.08 Å². The van der Waals surface area contributed by atoms with E-state index in [0.717, 1.165) is 18.4 Å². The highest BCUT2D eigenvalue weighted by Crippen LogP contribution is 2.32. The predicted octanol–water partition coefficient (Wildman–Crippen LogP) is 4.09. The molecule has 0 spiro atoms. The van der Waals surface area contributed by atoms with Gasteiger partial charge in [0.1, 0.15) is 0 Å². The van der Waals surface area contributed by atoms with Crippen molar-refractivity contribution in [1.82, 2.24) is 0 Å². The number of ether oxygens (including phenoxy) is 2. The minimum absolute atomic E-state index is 0.174. The Bertz CT molecular complexity index is 920. The van der Waals surface area contributed by atoms with Crippen LogP contribution in [0.2, 0.25) is 0 Å². The monoisotopic (exact) mass is 410 g/mol. The summed E-state index contributed by atoms with van der Waals surface area (Å²) in [6.45, 7) is 0. The van der Waals surface area contributed by atoms with Crippen LogP contribution in [0.5, 0.6) is 11.5 Å². The first-order valence-corrected chi connectivity index (χ1v) is 9.94. The van der Waals surface area contributed by atoms with E-state index in [9.17, 15) is 9.59 Å². The first kappa shape index (κ1) is 21.4. The smallest absolute Gasteiger partial charge is 0.358 e. The molecule has 2 aromatic carbocycles. The largest absolute Gasteiger partial charge is 0.493 e. The molecule has 2 aromatic rings. The van der Waals surface area contributed by atoms with Crippen molar-refractivity contribution in [3.63, 3.8) is 0 Å². The predicted molar refractivity (Wildman–Crippen MR) is 114 cm³/mol. The number of anilines is 1. The summed E-state index contributed by atoms with van der Waals surface area (Å²) in [7, 11) is 1.59. The molecule has 7 heteroatoms. The molecule has 0 aliphatic heterocycles. The molecule has 0 aromatic heterocycles. The van der Waals surface area contributed by atoms with Gasteiger partial charge in [-0.15, -0.1) is 0 Å². The van der Waals surface area contributed by atoms with Gasteiger partial charge in [-0.1, -0.05) is 24.6 Å². The molecule has 1 amide bonds. The van der Waals surface area contributed by atoms with E-state index >= 15 is 0 Å². The van der Waals surface area contributed by atoms with E-state index in [0.29, 0.717) is 17.2 Å². The summed E-state index contributed by atoms with van der Waals surface area (Å²) in [5, 5.41) is 2.65. The number of carbonyl (C=O) groups is 2. The number of methoxy groups -OCH3 is 1. The molecule has 1 fully saturated rings. The van der Waals surface area contributed by atoms with Gasteiger partial charge in [-0.3, -0.25) is 4.79 Å². The quantitative estimate of drug-likeness (QED) is 0.527. The number of hydrogen-bond donors (Lipinski definition) is 2. The van der Waals surface area contributed by atoms with E-state index in [1.807, 2.05) is 18.2 Å². The van der Waals surface area contributed by atoms with Crippen molar-refractivity contribution in [2.24, 2.45) is 5.90 Å². The van der Waals surface area contributed by atoms with Gasteiger partial charge in [-0.05, 0) is 61.6 Å². The van der Waals surface area contributed by atoms with Crippen LogP contribution in [0.3, 0.4) is 0 Å². The van der Waals surface area contributed by atoms with E-state index in [1.54, 1.807) is 31.4 Å². The van der Waals surface area contributed by atoms with Crippen molar-refractivity contribution in [1.29, 1.82) is 0 Å². The zero-order valence-electron chi connectivity index (χ0n) is 16.9. The van der Waals surface area contributed by atoms with Gasteiger partial charge in [-0.25, -0.2) is 4.79 Å². The van der Waals surface area contributed by atoms with Crippen molar-refractivity contribution in [2.75, 3.05) is 12.4 Å². The molecule has 7 nitrogen and oxygen atoms in total. The average molecular weight is 410 g/mol. The highest BCUT2D eigenvalue weighted by molar-refractivity contribution is 6.06. The second kappa shape index (κ2) is 10.5. The second-order valence-corrected chi connectivity index (χ2v) is 7.06. The standard InChI is InChI=1S/C23H26N2O5/c1-28-21-15-16(11-13-20(21)29-17-7-3-2-4-8-17)12-14-22(26)25-19-10-6-5-9-18(19)23(27)30-24/h5-6,9-15,17H,2-4,7-8,24H2,1H3,(H,25,26)/b14-12+. The van der Waals surface area contributed by atoms with Gasteiger partial charge < -0.3 is 19.6 Å². The van der Waals surface area contributed by atoms with Gasteiger partial charge in [0.05, 0.1) is 24.5 Å². The van der Waals surface area contributed by atoms with Gasteiger partial charge in [0.25, 0.3) is 0 Å². The van der Waals surface area contributed by atoms with Crippen LogP contribution >= 0.6 is 0 Å². The van der Waals surface area contributed by atoms with Gasteiger partial charge in [0.2, 0.25) is 5.91 Å². The van der Waals surface area contributed by atoms with Crippen molar-refractivity contribution < 1.29 is 23.9 Å². The first-order chi connectivity index (χ1) is 14.6. The number of para-hydroxylation sites is 1. The lowest BCUT2D eigenvalue weighted by atomic mass is 9.98. The lowest BCUT2D eigenvalue weighted by molar-refractivity contribution is -0.111. The second-order valence-electron chi connectivity index (χ2n) is 7.06. The van der Waals surface area contributed by atoms with Crippen LogP contribution in [-0.2, 0) is 9.63 Å². The van der Waals surface area contributed by atoms with Gasteiger partial charge in [0.15, 0.2) is 11.5 Å². The fourth-order valence-corrected chi connectivity index (χ4v) is 3.43. The summed E-state index contributed by atoms with van der Waals surface area (Å²) >= 11 is 0. The number of benzene rings is 2. The number of hydrogen-bond acceptors (Lipinski definition) is 6. The molecular weight excluding hydrogens is 384 g/mol. The summed E-state index contributed by atoms with van der Waals surface area (Å²) in [5.74, 6) is 5.15. The van der Waals surface area contributed by atoms with Crippen LogP contribution in [0.4, 0.5) is 5.69 Å². The SMILES string of the molecule is COc1cc(/C=C/C(=O)Nc2ccccc2C(=O)ON)ccc1OC1CCCCC1. The number of amides is 1. The zero-order valence-corrected chi connectivity index (χ0v) is 16.9. The van der Waals surface area contributed by atoms with E-state index in [-0.39, 0.29) is 11.7 Å². The Labute approximate surface area is 175 Å². The Morgan fingerprint density at radius 2 is 1.83 bits per heavy atom. The molecule has 0 heterocycles. The summed E-state index contributed by atoms with van der Waals surface area (Å²) in [4.78, 5) is 28.2. The fraction of sp³-hybridized carbons (Fsp3) is 0.304. The minimum Gasteiger partial charge on any atom is -0.493 e. The number of carbonyl (C=O) groups excluding carboxylic acids is 2. The minimum atomic E-state index is -0.729. The maximum atomic E-state index is 12.3. The lowest BCUT2D eigenvalue weighted by Gasteiger charge is -2.24. The van der Waals surface area contributed by atoms with Gasteiger partial charge in [-0.2, -0.15) is 5.90 Å². The average Bonchev–Trinajstić information content (AvgIpc) is 2.79. The molecule has 0 unspecified atom stereocenters. The Hall–Kier alpha value is -3.32. The highest BCUT2D eigenvalue weighted by atomic mass is 16.7. The van der Waals surface area contributed by atoms with Crippen LogP contribution < -0.4 is 20.7 Å². The molecule has 0 bridgehead atoms. The molecular formula is C23H26N2O5. The summed E-state index contributed by atoms with van der Waals surface area (Å²) in [6, 6.07) is 12.0. The van der Waals surface area contributed by atoms with Crippen LogP contribution in [0, 0.1) is 0 Å². The van der Waals surface area contributed by atoms with Crippen LogP contribution in [-0.4, -0.2) is 25.1 Å². The van der Waals surface area contributed by atoms with E-state index < -0.39 is 11.9 Å². The maximum Gasteiger partial charge on any atom is 0.358 e. The molecule has 30 heavy (non-hydrogen) atoms. The Balaban J connectivity index is 1.67. The zero-order chi connectivity index (χ0) is 21.3. The molecule has 0 radical (unpaired) electrons. The fourth-order valence-electron chi connectivity index (χ4n) is 3.43. The molecule has 1 aliphatic carbocycles. The van der Waals surface area contributed by atoms with Crippen molar-refractivity contribution >= 4 is 23.6 Å². The Morgan fingerprint density at radius 1 is 1.07 bits per heavy atom. The Kier molecular flexibility index (Phi) is 7.45. The normalized spacial score (nSPS) is 14.3.